The molecule has 2 N–H and O–H groups in total. The van der Waals surface area contributed by atoms with E-state index >= 15 is 0 Å². The second-order valence-electron chi connectivity index (χ2n) is 9.34. The number of anilines is 3. The molecule has 4 aromatic rings. The molecule has 2 amide bonds. The Morgan fingerprint density at radius 3 is 2.33 bits per heavy atom. The number of methoxy groups -OCH3 is 1. The molecule has 0 saturated heterocycles. The van der Waals surface area contributed by atoms with Gasteiger partial charge in [0.1, 0.15) is 5.75 Å². The monoisotopic (exact) mass is 667 g/mol. The summed E-state index contributed by atoms with van der Waals surface area (Å²) in [6.07, 6.45) is 0. The Bertz CT molecular complexity index is 1790. The Morgan fingerprint density at radius 1 is 0.867 bits per heavy atom. The normalized spacial score (nSPS) is 10.9. The molecule has 0 aromatic heterocycles. The average Bonchev–Trinajstić information content (AvgIpc) is 3.04. The van der Waals surface area contributed by atoms with E-state index in [-0.39, 0.29) is 39.4 Å². The number of benzene rings is 4. The summed E-state index contributed by atoms with van der Waals surface area (Å²) >= 11 is 7.39. The summed E-state index contributed by atoms with van der Waals surface area (Å²) in [4.78, 5) is 38.5. The molecule has 0 saturated carbocycles. The molecule has 0 aliphatic rings. The molecule has 0 heterocycles. The minimum atomic E-state index is -3.98. The molecule has 234 valence electrons. The van der Waals surface area contributed by atoms with Gasteiger partial charge in [-0.25, -0.2) is 13.2 Å². The van der Waals surface area contributed by atoms with Gasteiger partial charge in [0.25, 0.3) is 15.9 Å². The molecule has 4 aromatic carbocycles. The molecule has 4 rings (SSSR count). The maximum absolute atomic E-state index is 13.4. The molecule has 13 heteroatoms. The SMILES string of the molecule is CCN(c1ccccc1)S(=O)(=O)c1ccc(Cl)c(NC(=O)COC(=O)c2ccccc2SCC(=O)Nc2cccc(OC)c2)c1. The first-order chi connectivity index (χ1) is 21.6. The standard InChI is InChI=1S/C32H30ClN3O7S2/c1-3-36(23-11-5-4-6-12-23)45(40,41)25-16-17-27(33)28(19-25)35-30(37)20-43-32(39)26-14-7-8-15-29(26)44-21-31(38)34-22-10-9-13-24(18-22)42-2/h4-19H,3,20-21H2,1-2H3,(H,34,38)(H,35,37). The van der Waals surface area contributed by atoms with E-state index in [2.05, 4.69) is 10.6 Å². The van der Waals surface area contributed by atoms with Gasteiger partial charge in [-0.3, -0.25) is 13.9 Å². The van der Waals surface area contributed by atoms with Crippen LogP contribution in [0.2, 0.25) is 5.02 Å². The van der Waals surface area contributed by atoms with Gasteiger partial charge >= 0.3 is 5.97 Å². The lowest BCUT2D eigenvalue weighted by Crippen LogP contribution is -2.30. The third-order valence-corrected chi connectivity index (χ3v) is 9.59. The van der Waals surface area contributed by atoms with Gasteiger partial charge in [-0.1, -0.05) is 48.0 Å². The number of esters is 1. The fourth-order valence-corrected chi connectivity index (χ4v) is 6.68. The van der Waals surface area contributed by atoms with Crippen LogP contribution in [-0.4, -0.2) is 52.2 Å². The number of halogens is 1. The van der Waals surface area contributed by atoms with Crippen molar-refractivity contribution < 1.29 is 32.3 Å². The maximum atomic E-state index is 13.4. The zero-order valence-electron chi connectivity index (χ0n) is 24.4. The Balaban J connectivity index is 1.37. The van der Waals surface area contributed by atoms with E-state index in [1.54, 1.807) is 79.7 Å². The summed E-state index contributed by atoms with van der Waals surface area (Å²) in [6, 6.07) is 26.1. The highest BCUT2D eigenvalue weighted by molar-refractivity contribution is 8.00. The Kier molecular flexibility index (Phi) is 11.5. The van der Waals surface area contributed by atoms with E-state index in [0.717, 1.165) is 11.8 Å². The summed E-state index contributed by atoms with van der Waals surface area (Å²) in [7, 11) is -2.45. The number of thioether (sulfide) groups is 1. The van der Waals surface area contributed by atoms with Crippen molar-refractivity contribution in [3.05, 3.63) is 108 Å². The number of rotatable bonds is 13. The van der Waals surface area contributed by atoms with Crippen LogP contribution in [-0.2, 0) is 24.3 Å². The van der Waals surface area contributed by atoms with Crippen LogP contribution in [0.4, 0.5) is 17.1 Å². The van der Waals surface area contributed by atoms with Crippen molar-refractivity contribution in [3.8, 4) is 5.75 Å². The predicted octanol–water partition coefficient (Wildman–Crippen LogP) is 6.09. The highest BCUT2D eigenvalue weighted by Gasteiger charge is 2.25. The van der Waals surface area contributed by atoms with Crippen LogP contribution < -0.4 is 19.7 Å². The largest absolute Gasteiger partial charge is 0.497 e. The molecule has 45 heavy (non-hydrogen) atoms. The van der Waals surface area contributed by atoms with Gasteiger partial charge in [0.2, 0.25) is 5.91 Å². The molecule has 0 bridgehead atoms. The quantitative estimate of drug-likeness (QED) is 0.129. The number of hydrogen-bond donors (Lipinski definition) is 2. The first-order valence-electron chi connectivity index (χ1n) is 13.6. The van der Waals surface area contributed by atoms with Crippen molar-refractivity contribution in [1.29, 1.82) is 0 Å². The Labute approximate surface area is 270 Å². The summed E-state index contributed by atoms with van der Waals surface area (Å²) in [5.74, 6) is -1.17. The van der Waals surface area contributed by atoms with Crippen LogP contribution in [0.15, 0.2) is 107 Å². The highest BCUT2D eigenvalue weighted by atomic mass is 35.5. The number of ether oxygens (including phenoxy) is 2. The smallest absolute Gasteiger partial charge is 0.339 e. The number of carbonyl (C=O) groups is 3. The van der Waals surface area contributed by atoms with Gasteiger partial charge in [-0.05, 0) is 61.5 Å². The minimum Gasteiger partial charge on any atom is -0.497 e. The molecule has 0 atom stereocenters. The van der Waals surface area contributed by atoms with E-state index in [4.69, 9.17) is 21.1 Å². The predicted molar refractivity (Wildman–Crippen MR) is 176 cm³/mol. The topological polar surface area (TPSA) is 131 Å². The zero-order chi connectivity index (χ0) is 32.4. The van der Waals surface area contributed by atoms with Crippen LogP contribution in [0.25, 0.3) is 0 Å². The van der Waals surface area contributed by atoms with Gasteiger partial charge in [0.05, 0.1) is 39.7 Å². The first-order valence-corrected chi connectivity index (χ1v) is 16.4. The molecule has 10 nitrogen and oxygen atoms in total. The number of amides is 2. The molecule has 0 aliphatic heterocycles. The molecule has 0 radical (unpaired) electrons. The molecular weight excluding hydrogens is 638 g/mol. The third kappa shape index (κ3) is 8.78. The van der Waals surface area contributed by atoms with Gasteiger partial charge in [0, 0.05) is 23.2 Å². The fraction of sp³-hybridized carbons (Fsp3) is 0.156. The van der Waals surface area contributed by atoms with Gasteiger partial charge < -0.3 is 20.1 Å². The van der Waals surface area contributed by atoms with Crippen molar-refractivity contribution in [2.75, 3.05) is 41.0 Å². The fourth-order valence-electron chi connectivity index (χ4n) is 4.17. The number of sulfonamides is 1. The lowest BCUT2D eigenvalue weighted by atomic mass is 10.2. The van der Waals surface area contributed by atoms with Crippen LogP contribution >= 0.6 is 23.4 Å². The number of hydrogen-bond acceptors (Lipinski definition) is 8. The summed E-state index contributed by atoms with van der Waals surface area (Å²) in [5, 5.41) is 5.39. The van der Waals surface area contributed by atoms with E-state index < -0.39 is 28.5 Å². The first kappa shape index (κ1) is 33.4. The van der Waals surface area contributed by atoms with Crippen LogP contribution in [0.1, 0.15) is 17.3 Å². The molecule has 0 spiro atoms. The zero-order valence-corrected chi connectivity index (χ0v) is 26.7. The van der Waals surface area contributed by atoms with E-state index in [1.165, 1.54) is 35.7 Å². The van der Waals surface area contributed by atoms with Gasteiger partial charge in [0.15, 0.2) is 6.61 Å². The summed E-state index contributed by atoms with van der Waals surface area (Å²) < 4.78 is 38.4. The van der Waals surface area contributed by atoms with Gasteiger partial charge in [-0.2, -0.15) is 0 Å². The number of nitrogens with zero attached hydrogens (tertiary/aromatic N) is 1. The second kappa shape index (κ2) is 15.5. The van der Waals surface area contributed by atoms with Crippen LogP contribution in [0.3, 0.4) is 0 Å². The molecule has 0 fully saturated rings. The van der Waals surface area contributed by atoms with Crippen LogP contribution in [0.5, 0.6) is 5.75 Å². The number of carbonyl (C=O) groups excluding carboxylic acids is 3. The lowest BCUT2D eigenvalue weighted by Gasteiger charge is -2.23. The summed E-state index contributed by atoms with van der Waals surface area (Å²) in [5.41, 5.74) is 1.28. The average molecular weight is 668 g/mol. The van der Waals surface area contributed by atoms with Crippen molar-refractivity contribution in [2.24, 2.45) is 0 Å². The van der Waals surface area contributed by atoms with E-state index in [0.29, 0.717) is 22.0 Å². The van der Waals surface area contributed by atoms with Crippen molar-refractivity contribution in [2.45, 2.75) is 16.7 Å². The van der Waals surface area contributed by atoms with Gasteiger partial charge in [-0.15, -0.1) is 11.8 Å². The molecule has 0 unspecified atom stereocenters. The number of para-hydroxylation sites is 1. The molecular formula is C32H30ClN3O7S2. The van der Waals surface area contributed by atoms with Crippen molar-refractivity contribution in [3.63, 3.8) is 0 Å². The van der Waals surface area contributed by atoms with Crippen molar-refractivity contribution >= 4 is 68.2 Å². The second-order valence-corrected chi connectivity index (χ2v) is 12.6. The minimum absolute atomic E-state index is 0.0134. The van der Waals surface area contributed by atoms with E-state index in [1.807, 2.05) is 0 Å². The van der Waals surface area contributed by atoms with Crippen LogP contribution in [0, 0.1) is 0 Å². The number of nitrogens with one attached hydrogen (secondary N) is 2. The van der Waals surface area contributed by atoms with Crippen molar-refractivity contribution in [1.82, 2.24) is 0 Å². The highest BCUT2D eigenvalue weighted by Crippen LogP contribution is 2.29. The maximum Gasteiger partial charge on any atom is 0.339 e. The Morgan fingerprint density at radius 2 is 1.60 bits per heavy atom. The Hall–Kier alpha value is -4.52. The lowest BCUT2D eigenvalue weighted by molar-refractivity contribution is -0.119. The summed E-state index contributed by atoms with van der Waals surface area (Å²) in [6.45, 7) is 1.23. The molecule has 0 aliphatic carbocycles. The van der Waals surface area contributed by atoms with E-state index in [9.17, 15) is 22.8 Å². The third-order valence-electron chi connectivity index (χ3n) is 6.28.